The van der Waals surface area contributed by atoms with Crippen molar-refractivity contribution in [2.75, 3.05) is 25.1 Å². The summed E-state index contributed by atoms with van der Waals surface area (Å²) in [6, 6.07) is 5.36. The van der Waals surface area contributed by atoms with Crippen LogP contribution in [0.5, 0.6) is 5.75 Å². The molecule has 100 valence electrons. The van der Waals surface area contributed by atoms with Crippen LogP contribution in [0.15, 0.2) is 18.2 Å². The van der Waals surface area contributed by atoms with Gasteiger partial charge >= 0.3 is 0 Å². The highest BCUT2D eigenvalue weighted by Crippen LogP contribution is 2.35. The van der Waals surface area contributed by atoms with Gasteiger partial charge < -0.3 is 15.0 Å². The molecule has 0 aromatic heterocycles. The number of ether oxygens (including phenoxy) is 1. The number of fused-ring (bicyclic) bond motifs is 1. The summed E-state index contributed by atoms with van der Waals surface area (Å²) in [5.74, 6) is -0.227. The van der Waals surface area contributed by atoms with Crippen molar-refractivity contribution < 1.29 is 14.3 Å². The van der Waals surface area contributed by atoms with Crippen LogP contribution in [0.1, 0.15) is 23.2 Å². The predicted octanol–water partition coefficient (Wildman–Crippen LogP) is 0.976. The number of methoxy groups -OCH3 is 1. The second-order valence-electron chi connectivity index (χ2n) is 4.87. The summed E-state index contributed by atoms with van der Waals surface area (Å²) in [5, 5.41) is 3.26. The van der Waals surface area contributed by atoms with Crippen molar-refractivity contribution in [3.63, 3.8) is 0 Å². The third-order valence-corrected chi connectivity index (χ3v) is 3.79. The minimum atomic E-state index is -0.424. The highest BCUT2D eigenvalue weighted by atomic mass is 16.5. The second-order valence-corrected chi connectivity index (χ2v) is 4.87. The molecule has 0 radical (unpaired) electrons. The molecule has 0 bridgehead atoms. The predicted molar refractivity (Wildman–Crippen MR) is 70.7 cm³/mol. The number of nitrogens with zero attached hydrogens (tertiary/aromatic N) is 1. The molecule has 1 N–H and O–H groups in total. The summed E-state index contributed by atoms with van der Waals surface area (Å²) in [4.78, 5) is 25.9. The summed E-state index contributed by atoms with van der Waals surface area (Å²) >= 11 is 0. The van der Waals surface area contributed by atoms with Crippen molar-refractivity contribution in [1.29, 1.82) is 0 Å². The molecule has 5 nitrogen and oxygen atoms in total. The van der Waals surface area contributed by atoms with Crippen molar-refractivity contribution in [2.45, 2.75) is 18.9 Å². The average Bonchev–Trinajstić information content (AvgIpc) is 2.71. The zero-order valence-electron chi connectivity index (χ0n) is 10.8. The van der Waals surface area contributed by atoms with Gasteiger partial charge in [0.1, 0.15) is 5.75 Å². The quantitative estimate of drug-likeness (QED) is 0.805. The molecule has 2 aliphatic heterocycles. The van der Waals surface area contributed by atoms with Crippen LogP contribution >= 0.6 is 0 Å². The van der Waals surface area contributed by atoms with E-state index in [1.807, 2.05) is 0 Å². The van der Waals surface area contributed by atoms with E-state index in [2.05, 4.69) is 5.32 Å². The van der Waals surface area contributed by atoms with Gasteiger partial charge in [0.05, 0.1) is 18.4 Å². The first kappa shape index (κ1) is 12.2. The Balaban J connectivity index is 1.99. The molecule has 1 aromatic rings. The number of piperidine rings is 1. The zero-order chi connectivity index (χ0) is 13.4. The first-order chi connectivity index (χ1) is 9.22. The van der Waals surface area contributed by atoms with Crippen LogP contribution in [-0.2, 0) is 4.79 Å². The molecule has 0 spiro atoms. The van der Waals surface area contributed by atoms with Crippen LogP contribution in [0.3, 0.4) is 0 Å². The third kappa shape index (κ3) is 1.90. The van der Waals surface area contributed by atoms with E-state index in [0.29, 0.717) is 11.3 Å². The Kier molecular flexibility index (Phi) is 2.98. The van der Waals surface area contributed by atoms with Gasteiger partial charge in [-0.1, -0.05) is 0 Å². The van der Waals surface area contributed by atoms with E-state index >= 15 is 0 Å². The van der Waals surface area contributed by atoms with Gasteiger partial charge in [0, 0.05) is 6.04 Å². The van der Waals surface area contributed by atoms with Gasteiger partial charge in [-0.3, -0.25) is 9.59 Å². The highest BCUT2D eigenvalue weighted by molar-refractivity contribution is 6.52. The maximum atomic E-state index is 12.2. The number of hydrogen-bond acceptors (Lipinski definition) is 4. The lowest BCUT2D eigenvalue weighted by molar-refractivity contribution is -0.114. The number of rotatable bonds is 2. The Morgan fingerprint density at radius 1 is 1.26 bits per heavy atom. The summed E-state index contributed by atoms with van der Waals surface area (Å²) in [5.41, 5.74) is 1.19. The first-order valence-corrected chi connectivity index (χ1v) is 6.49. The number of carbonyl (C=O) groups is 2. The maximum absolute atomic E-state index is 12.2. The zero-order valence-corrected chi connectivity index (χ0v) is 10.8. The molecule has 1 amide bonds. The van der Waals surface area contributed by atoms with Crippen molar-refractivity contribution in [3.05, 3.63) is 23.8 Å². The van der Waals surface area contributed by atoms with Gasteiger partial charge in [-0.25, -0.2) is 0 Å². The lowest BCUT2D eigenvalue weighted by Gasteiger charge is -2.31. The van der Waals surface area contributed by atoms with Gasteiger partial charge in [0.15, 0.2) is 0 Å². The van der Waals surface area contributed by atoms with Crippen molar-refractivity contribution in [2.24, 2.45) is 0 Å². The van der Waals surface area contributed by atoms with Crippen molar-refractivity contribution in [3.8, 4) is 5.75 Å². The molecule has 19 heavy (non-hydrogen) atoms. The fraction of sp³-hybridized carbons (Fsp3) is 0.429. The molecule has 1 aromatic carbocycles. The van der Waals surface area contributed by atoms with Gasteiger partial charge in [-0.15, -0.1) is 0 Å². The van der Waals surface area contributed by atoms with Crippen LogP contribution in [0.25, 0.3) is 0 Å². The van der Waals surface area contributed by atoms with E-state index in [9.17, 15) is 9.59 Å². The summed E-state index contributed by atoms with van der Waals surface area (Å²) < 4.78 is 5.11. The van der Waals surface area contributed by atoms with Gasteiger partial charge in [-0.05, 0) is 44.1 Å². The average molecular weight is 260 g/mol. The number of amides is 1. The molecule has 1 fully saturated rings. The lowest BCUT2D eigenvalue weighted by atomic mass is 10.0. The van der Waals surface area contributed by atoms with Gasteiger partial charge in [0.2, 0.25) is 0 Å². The van der Waals surface area contributed by atoms with E-state index in [0.717, 1.165) is 31.6 Å². The molecule has 3 rings (SSSR count). The molecule has 0 saturated carbocycles. The minimum absolute atomic E-state index is 0.118. The first-order valence-electron chi connectivity index (χ1n) is 6.49. The SMILES string of the molecule is COc1ccc2c(c1)C(=O)C(=O)N2C1CCNCC1. The Morgan fingerprint density at radius 2 is 2.00 bits per heavy atom. The minimum Gasteiger partial charge on any atom is -0.497 e. The molecule has 0 atom stereocenters. The molecule has 1 saturated heterocycles. The third-order valence-electron chi connectivity index (χ3n) is 3.79. The maximum Gasteiger partial charge on any atom is 0.299 e. The van der Waals surface area contributed by atoms with E-state index in [-0.39, 0.29) is 6.04 Å². The number of anilines is 1. The topological polar surface area (TPSA) is 58.6 Å². The van der Waals surface area contributed by atoms with Gasteiger partial charge in [-0.2, -0.15) is 0 Å². The fourth-order valence-electron chi connectivity index (χ4n) is 2.80. The Bertz CT molecular complexity index is 535. The number of nitrogens with one attached hydrogen (secondary N) is 1. The largest absolute Gasteiger partial charge is 0.497 e. The molecule has 5 heteroatoms. The van der Waals surface area contributed by atoms with E-state index in [1.165, 1.54) is 0 Å². The van der Waals surface area contributed by atoms with Crippen LogP contribution in [0.4, 0.5) is 5.69 Å². The van der Waals surface area contributed by atoms with Crippen LogP contribution in [0.2, 0.25) is 0 Å². The molecule has 2 heterocycles. The van der Waals surface area contributed by atoms with Crippen LogP contribution < -0.4 is 15.0 Å². The molecular formula is C14H16N2O3. The van der Waals surface area contributed by atoms with Crippen LogP contribution in [-0.4, -0.2) is 37.9 Å². The Hall–Kier alpha value is -1.88. The Morgan fingerprint density at radius 3 is 2.68 bits per heavy atom. The summed E-state index contributed by atoms with van der Waals surface area (Å²) in [6.45, 7) is 1.77. The monoisotopic (exact) mass is 260 g/mol. The number of ketones is 1. The molecule has 0 unspecified atom stereocenters. The molecule has 2 aliphatic rings. The number of hydrogen-bond donors (Lipinski definition) is 1. The van der Waals surface area contributed by atoms with E-state index < -0.39 is 11.7 Å². The number of Topliss-reactive ketones (excluding diaryl/α,β-unsaturated/α-hetero) is 1. The molecule has 0 aliphatic carbocycles. The summed E-state index contributed by atoms with van der Waals surface area (Å²) in [7, 11) is 1.55. The van der Waals surface area contributed by atoms with Crippen molar-refractivity contribution in [1.82, 2.24) is 5.32 Å². The van der Waals surface area contributed by atoms with E-state index in [4.69, 9.17) is 4.74 Å². The van der Waals surface area contributed by atoms with E-state index in [1.54, 1.807) is 30.2 Å². The Labute approximate surface area is 111 Å². The number of carbonyl (C=O) groups excluding carboxylic acids is 2. The summed E-state index contributed by atoms with van der Waals surface area (Å²) in [6.07, 6.45) is 1.76. The standard InChI is InChI=1S/C14H16N2O3/c1-19-10-2-3-12-11(8-10)13(17)14(18)16(12)9-4-6-15-7-5-9/h2-3,8-9,15H,4-7H2,1H3. The lowest BCUT2D eigenvalue weighted by Crippen LogP contribution is -2.45. The normalized spacial score (nSPS) is 19.7. The smallest absolute Gasteiger partial charge is 0.299 e. The van der Waals surface area contributed by atoms with Crippen LogP contribution in [0, 0.1) is 0 Å². The highest BCUT2D eigenvalue weighted by Gasteiger charge is 2.40. The second kappa shape index (κ2) is 4.66. The number of benzene rings is 1. The van der Waals surface area contributed by atoms with Gasteiger partial charge in [0.25, 0.3) is 11.7 Å². The fourth-order valence-corrected chi connectivity index (χ4v) is 2.80. The molecular weight excluding hydrogens is 244 g/mol. The van der Waals surface area contributed by atoms with Crippen molar-refractivity contribution >= 4 is 17.4 Å².